The second-order valence-corrected chi connectivity index (χ2v) is 8.11. The SMILES string of the molecule is COc1cc(C=NNC(=O)c2ccc(-n3cccc3)cc2)ccc1OCc1ccc(Cl)cc1Cl. The summed E-state index contributed by atoms with van der Waals surface area (Å²) in [5.41, 5.74) is 5.56. The number of nitrogens with one attached hydrogen (secondary N) is 1. The average molecular weight is 494 g/mol. The highest BCUT2D eigenvalue weighted by molar-refractivity contribution is 6.35. The van der Waals surface area contributed by atoms with E-state index in [9.17, 15) is 4.79 Å². The zero-order valence-corrected chi connectivity index (χ0v) is 19.8. The van der Waals surface area contributed by atoms with Crippen LogP contribution in [0.2, 0.25) is 10.0 Å². The molecule has 0 unspecified atom stereocenters. The fraction of sp³-hybridized carbons (Fsp3) is 0.0769. The van der Waals surface area contributed by atoms with Gasteiger partial charge in [-0.15, -0.1) is 0 Å². The van der Waals surface area contributed by atoms with Gasteiger partial charge in [0.05, 0.1) is 13.3 Å². The van der Waals surface area contributed by atoms with Crippen molar-refractivity contribution in [3.63, 3.8) is 0 Å². The van der Waals surface area contributed by atoms with Crippen LogP contribution in [0, 0.1) is 0 Å². The standard InChI is InChI=1S/C26H21Cl2N3O3/c1-33-25-14-18(4-11-24(25)34-17-20-5-8-21(27)15-23(20)28)16-29-30-26(32)19-6-9-22(10-7-19)31-12-2-3-13-31/h2-16H,17H2,1H3,(H,30,32). The maximum Gasteiger partial charge on any atom is 0.271 e. The Kier molecular flexibility index (Phi) is 7.52. The van der Waals surface area contributed by atoms with Crippen LogP contribution in [0.3, 0.4) is 0 Å². The molecule has 34 heavy (non-hydrogen) atoms. The van der Waals surface area contributed by atoms with Gasteiger partial charge < -0.3 is 14.0 Å². The van der Waals surface area contributed by atoms with Gasteiger partial charge in [-0.05, 0) is 72.3 Å². The van der Waals surface area contributed by atoms with Crippen LogP contribution >= 0.6 is 23.2 Å². The lowest BCUT2D eigenvalue weighted by Gasteiger charge is -2.12. The first-order valence-corrected chi connectivity index (χ1v) is 11.1. The van der Waals surface area contributed by atoms with Gasteiger partial charge in [-0.2, -0.15) is 5.10 Å². The largest absolute Gasteiger partial charge is 0.493 e. The molecule has 0 saturated carbocycles. The van der Waals surface area contributed by atoms with E-state index in [2.05, 4.69) is 10.5 Å². The van der Waals surface area contributed by atoms with Gasteiger partial charge in [-0.25, -0.2) is 5.43 Å². The molecule has 0 bridgehead atoms. The molecule has 3 aromatic carbocycles. The first kappa shape index (κ1) is 23.4. The number of methoxy groups -OCH3 is 1. The molecule has 0 aliphatic carbocycles. The molecule has 0 radical (unpaired) electrons. The van der Waals surface area contributed by atoms with Crippen molar-refractivity contribution in [1.29, 1.82) is 0 Å². The molecule has 8 heteroatoms. The number of carbonyl (C=O) groups is 1. The van der Waals surface area contributed by atoms with Crippen LogP contribution in [0.5, 0.6) is 11.5 Å². The van der Waals surface area contributed by atoms with Crippen molar-refractivity contribution in [1.82, 2.24) is 9.99 Å². The number of aromatic nitrogens is 1. The van der Waals surface area contributed by atoms with Crippen LogP contribution in [0.4, 0.5) is 0 Å². The predicted molar refractivity (Wildman–Crippen MR) is 135 cm³/mol. The summed E-state index contributed by atoms with van der Waals surface area (Å²) in [6, 6.07) is 21.7. The number of carbonyl (C=O) groups excluding carboxylic acids is 1. The van der Waals surface area contributed by atoms with Crippen LogP contribution in [0.1, 0.15) is 21.5 Å². The quantitative estimate of drug-likeness (QED) is 0.237. The lowest BCUT2D eigenvalue weighted by Crippen LogP contribution is -2.17. The normalized spacial score (nSPS) is 10.9. The highest BCUT2D eigenvalue weighted by Crippen LogP contribution is 2.29. The molecule has 4 rings (SSSR count). The Balaban J connectivity index is 1.36. The van der Waals surface area contributed by atoms with E-state index in [1.165, 1.54) is 6.21 Å². The smallest absolute Gasteiger partial charge is 0.271 e. The van der Waals surface area contributed by atoms with Crippen molar-refractivity contribution in [2.24, 2.45) is 5.10 Å². The molecule has 1 aromatic heterocycles. The van der Waals surface area contributed by atoms with Crippen LogP contribution in [-0.2, 0) is 6.61 Å². The number of amides is 1. The number of nitrogens with zero attached hydrogens (tertiary/aromatic N) is 2. The van der Waals surface area contributed by atoms with Crippen molar-refractivity contribution in [2.75, 3.05) is 7.11 Å². The third-order valence-electron chi connectivity index (χ3n) is 5.00. The Morgan fingerprint density at radius 2 is 1.76 bits per heavy atom. The first-order valence-electron chi connectivity index (χ1n) is 10.3. The monoisotopic (exact) mass is 493 g/mol. The molecule has 1 heterocycles. The van der Waals surface area contributed by atoms with Gasteiger partial charge in [0, 0.05) is 39.3 Å². The van der Waals surface area contributed by atoms with Crippen molar-refractivity contribution in [2.45, 2.75) is 6.61 Å². The number of hydrazone groups is 1. The van der Waals surface area contributed by atoms with Gasteiger partial charge in [-0.3, -0.25) is 4.79 Å². The van der Waals surface area contributed by atoms with Crippen LogP contribution < -0.4 is 14.9 Å². The number of ether oxygens (including phenoxy) is 2. The second kappa shape index (κ2) is 10.9. The molecular weight excluding hydrogens is 473 g/mol. The molecule has 0 saturated heterocycles. The summed E-state index contributed by atoms with van der Waals surface area (Å²) in [5, 5.41) is 5.15. The Hall–Kier alpha value is -3.74. The summed E-state index contributed by atoms with van der Waals surface area (Å²) in [4.78, 5) is 12.4. The minimum atomic E-state index is -0.304. The maximum absolute atomic E-state index is 12.4. The second-order valence-electron chi connectivity index (χ2n) is 7.27. The van der Waals surface area contributed by atoms with E-state index >= 15 is 0 Å². The number of rotatable bonds is 8. The lowest BCUT2D eigenvalue weighted by molar-refractivity contribution is 0.0955. The molecule has 0 fully saturated rings. The summed E-state index contributed by atoms with van der Waals surface area (Å²) in [6.07, 6.45) is 5.42. The molecule has 0 spiro atoms. The van der Waals surface area contributed by atoms with Gasteiger partial charge in [0.1, 0.15) is 6.61 Å². The van der Waals surface area contributed by atoms with Crippen molar-refractivity contribution in [3.8, 4) is 17.2 Å². The average Bonchev–Trinajstić information content (AvgIpc) is 3.39. The molecule has 0 aliphatic rings. The first-order chi connectivity index (χ1) is 16.5. The summed E-state index contributed by atoms with van der Waals surface area (Å²) < 4.78 is 13.3. The number of hydrogen-bond donors (Lipinski definition) is 1. The molecule has 0 atom stereocenters. The van der Waals surface area contributed by atoms with Gasteiger partial charge >= 0.3 is 0 Å². The van der Waals surface area contributed by atoms with Crippen LogP contribution in [0.25, 0.3) is 5.69 Å². The van der Waals surface area contributed by atoms with Gasteiger partial charge in [-0.1, -0.05) is 29.3 Å². The molecule has 1 N–H and O–H groups in total. The third kappa shape index (κ3) is 5.78. The van der Waals surface area contributed by atoms with E-state index in [-0.39, 0.29) is 12.5 Å². The number of hydrogen-bond acceptors (Lipinski definition) is 4. The Bertz CT molecular complexity index is 1300. The molecule has 0 aliphatic heterocycles. The Morgan fingerprint density at radius 1 is 1.00 bits per heavy atom. The summed E-state index contributed by atoms with van der Waals surface area (Å²) in [7, 11) is 1.55. The lowest BCUT2D eigenvalue weighted by atomic mass is 10.2. The van der Waals surface area contributed by atoms with E-state index in [1.807, 2.05) is 53.4 Å². The number of benzene rings is 3. The molecule has 4 aromatic rings. The fourth-order valence-corrected chi connectivity index (χ4v) is 3.66. The van der Waals surface area contributed by atoms with Gasteiger partial charge in [0.15, 0.2) is 11.5 Å². The zero-order chi connectivity index (χ0) is 23.9. The Morgan fingerprint density at radius 3 is 2.47 bits per heavy atom. The zero-order valence-electron chi connectivity index (χ0n) is 18.2. The van der Waals surface area contributed by atoms with Gasteiger partial charge in [0.2, 0.25) is 0 Å². The van der Waals surface area contributed by atoms with Crippen LogP contribution in [0.15, 0.2) is 90.3 Å². The predicted octanol–water partition coefficient (Wildman–Crippen LogP) is 6.14. The third-order valence-corrected chi connectivity index (χ3v) is 5.58. The maximum atomic E-state index is 12.4. The van der Waals surface area contributed by atoms with Crippen molar-refractivity contribution < 1.29 is 14.3 Å². The summed E-state index contributed by atoms with van der Waals surface area (Å²) >= 11 is 12.1. The molecule has 6 nitrogen and oxygen atoms in total. The Labute approximate surface area is 207 Å². The molecule has 1 amide bonds. The minimum Gasteiger partial charge on any atom is -0.493 e. The van der Waals surface area contributed by atoms with Crippen molar-refractivity contribution >= 4 is 35.3 Å². The summed E-state index contributed by atoms with van der Waals surface area (Å²) in [5.74, 6) is 0.778. The van der Waals surface area contributed by atoms with Crippen LogP contribution in [-0.4, -0.2) is 23.8 Å². The van der Waals surface area contributed by atoms with E-state index in [0.29, 0.717) is 27.1 Å². The van der Waals surface area contributed by atoms with Gasteiger partial charge in [0.25, 0.3) is 5.91 Å². The molecular formula is C26H21Cl2N3O3. The van der Waals surface area contributed by atoms with E-state index < -0.39 is 0 Å². The number of halogens is 2. The highest BCUT2D eigenvalue weighted by Gasteiger charge is 2.08. The minimum absolute atomic E-state index is 0.263. The topological polar surface area (TPSA) is 64.8 Å². The van der Waals surface area contributed by atoms with E-state index in [4.69, 9.17) is 32.7 Å². The highest BCUT2D eigenvalue weighted by atomic mass is 35.5. The molecule has 172 valence electrons. The van der Waals surface area contributed by atoms with E-state index in [0.717, 1.165) is 16.8 Å². The van der Waals surface area contributed by atoms with E-state index in [1.54, 1.807) is 43.5 Å². The summed E-state index contributed by atoms with van der Waals surface area (Å²) in [6.45, 7) is 0.263. The fourth-order valence-electron chi connectivity index (χ4n) is 3.20. The van der Waals surface area contributed by atoms with Crippen molar-refractivity contribution in [3.05, 3.63) is 112 Å².